The topological polar surface area (TPSA) is 75.7 Å². The number of nitrogens with zero attached hydrogens (tertiary/aromatic N) is 2. The van der Waals surface area contributed by atoms with Crippen LogP contribution in [0.1, 0.15) is 30.1 Å². The number of pyridine rings is 1. The molecule has 3 heterocycles. The Morgan fingerprint density at radius 2 is 2.07 bits per heavy atom. The number of nitrogens with one attached hydrogen (secondary N) is 2. The van der Waals surface area contributed by atoms with Gasteiger partial charge < -0.3 is 25.0 Å². The second-order valence-corrected chi connectivity index (χ2v) is 7.05. The molecule has 2 aromatic rings. The predicted molar refractivity (Wildman–Crippen MR) is 109 cm³/mol. The number of hydrogen-bond acceptors (Lipinski definition) is 6. The van der Waals surface area contributed by atoms with Gasteiger partial charge in [-0.1, -0.05) is 0 Å². The normalized spacial score (nSPS) is 18.5. The summed E-state index contributed by atoms with van der Waals surface area (Å²) in [4.78, 5) is 18.7. The zero-order valence-corrected chi connectivity index (χ0v) is 16.1. The molecule has 2 aliphatic heterocycles. The van der Waals surface area contributed by atoms with Crippen LogP contribution in [-0.4, -0.2) is 49.8 Å². The third-order valence-electron chi connectivity index (χ3n) is 5.01. The van der Waals surface area contributed by atoms with Gasteiger partial charge in [0, 0.05) is 43.6 Å². The molecule has 1 aromatic carbocycles. The highest BCUT2D eigenvalue weighted by molar-refractivity contribution is 5.94. The Balaban J connectivity index is 1.39. The molecule has 1 amide bonds. The van der Waals surface area contributed by atoms with E-state index in [1.54, 1.807) is 6.20 Å². The van der Waals surface area contributed by atoms with Crippen LogP contribution in [0, 0.1) is 0 Å². The average Bonchev–Trinajstić information content (AvgIpc) is 2.74. The van der Waals surface area contributed by atoms with Crippen LogP contribution < -0.4 is 25.0 Å². The van der Waals surface area contributed by atoms with Gasteiger partial charge in [0.05, 0.1) is 5.56 Å². The van der Waals surface area contributed by atoms with Gasteiger partial charge in [0.2, 0.25) is 0 Å². The minimum Gasteiger partial charge on any atom is -0.486 e. The monoisotopic (exact) mass is 382 g/mol. The van der Waals surface area contributed by atoms with E-state index in [0.717, 1.165) is 48.9 Å². The van der Waals surface area contributed by atoms with E-state index >= 15 is 0 Å². The van der Waals surface area contributed by atoms with E-state index in [0.29, 0.717) is 31.4 Å². The Labute approximate surface area is 165 Å². The molecule has 0 bridgehead atoms. The van der Waals surface area contributed by atoms with E-state index in [1.165, 1.54) is 0 Å². The first-order valence-electron chi connectivity index (χ1n) is 9.88. The smallest absolute Gasteiger partial charge is 0.252 e. The molecule has 1 fully saturated rings. The first-order chi connectivity index (χ1) is 13.7. The fourth-order valence-corrected chi connectivity index (χ4v) is 3.64. The van der Waals surface area contributed by atoms with Crippen LogP contribution in [0.4, 0.5) is 11.5 Å². The Morgan fingerprint density at radius 1 is 1.21 bits per heavy atom. The number of carbonyl (C=O) groups excluding carboxylic acids is 1. The van der Waals surface area contributed by atoms with Gasteiger partial charge in [-0.05, 0) is 44.0 Å². The molecule has 0 spiro atoms. The van der Waals surface area contributed by atoms with Crippen LogP contribution in [-0.2, 0) is 0 Å². The number of benzene rings is 1. The Morgan fingerprint density at radius 3 is 2.86 bits per heavy atom. The average molecular weight is 382 g/mol. The van der Waals surface area contributed by atoms with Crippen molar-refractivity contribution >= 4 is 17.4 Å². The zero-order valence-electron chi connectivity index (χ0n) is 16.1. The Kier molecular flexibility index (Phi) is 5.50. The summed E-state index contributed by atoms with van der Waals surface area (Å²) in [6.45, 7) is 5.53. The summed E-state index contributed by atoms with van der Waals surface area (Å²) >= 11 is 0. The molecule has 2 aliphatic rings. The highest BCUT2D eigenvalue weighted by Gasteiger charge is 2.22. The van der Waals surface area contributed by atoms with Gasteiger partial charge in [0.15, 0.2) is 11.5 Å². The third-order valence-corrected chi connectivity index (χ3v) is 5.01. The second-order valence-electron chi connectivity index (χ2n) is 7.05. The minimum absolute atomic E-state index is 0.0849. The molecule has 148 valence electrons. The Hall–Kier alpha value is -2.96. The fourth-order valence-electron chi connectivity index (χ4n) is 3.64. The number of amides is 1. The van der Waals surface area contributed by atoms with Crippen molar-refractivity contribution in [2.24, 2.45) is 0 Å². The van der Waals surface area contributed by atoms with E-state index in [2.05, 4.69) is 20.5 Å². The molecule has 7 heteroatoms. The molecule has 1 saturated heterocycles. The predicted octanol–water partition coefficient (Wildman–Crippen LogP) is 2.68. The summed E-state index contributed by atoms with van der Waals surface area (Å²) in [5.74, 6) is 2.42. The van der Waals surface area contributed by atoms with Gasteiger partial charge in [0.1, 0.15) is 19.0 Å². The molecular weight excluding hydrogens is 356 g/mol. The van der Waals surface area contributed by atoms with Crippen molar-refractivity contribution < 1.29 is 14.3 Å². The molecule has 0 unspecified atom stereocenters. The van der Waals surface area contributed by atoms with Crippen LogP contribution in [0.15, 0.2) is 36.5 Å². The van der Waals surface area contributed by atoms with Crippen molar-refractivity contribution in [2.75, 3.05) is 43.1 Å². The summed E-state index contributed by atoms with van der Waals surface area (Å²) in [6.07, 6.45) is 3.84. The summed E-state index contributed by atoms with van der Waals surface area (Å²) < 4.78 is 11.3. The van der Waals surface area contributed by atoms with Crippen molar-refractivity contribution in [1.82, 2.24) is 10.3 Å². The lowest BCUT2D eigenvalue weighted by atomic mass is 10.0. The largest absolute Gasteiger partial charge is 0.486 e. The van der Waals surface area contributed by atoms with Crippen LogP contribution in [0.5, 0.6) is 11.5 Å². The van der Waals surface area contributed by atoms with Crippen molar-refractivity contribution in [2.45, 2.75) is 25.8 Å². The van der Waals surface area contributed by atoms with Crippen molar-refractivity contribution in [3.63, 3.8) is 0 Å². The van der Waals surface area contributed by atoms with Crippen molar-refractivity contribution in [3.8, 4) is 11.5 Å². The highest BCUT2D eigenvalue weighted by atomic mass is 16.6. The molecule has 7 nitrogen and oxygen atoms in total. The lowest BCUT2D eigenvalue weighted by Gasteiger charge is -2.34. The Bertz CT molecular complexity index is 825. The lowest BCUT2D eigenvalue weighted by Crippen LogP contribution is -2.42. The third kappa shape index (κ3) is 4.13. The van der Waals surface area contributed by atoms with E-state index < -0.39 is 0 Å². The van der Waals surface area contributed by atoms with E-state index in [9.17, 15) is 4.79 Å². The lowest BCUT2D eigenvalue weighted by molar-refractivity contribution is 0.0955. The van der Waals surface area contributed by atoms with Gasteiger partial charge in [-0.25, -0.2) is 4.98 Å². The van der Waals surface area contributed by atoms with E-state index in [1.807, 2.05) is 37.3 Å². The zero-order chi connectivity index (χ0) is 19.3. The van der Waals surface area contributed by atoms with Crippen LogP contribution in [0.2, 0.25) is 0 Å². The summed E-state index contributed by atoms with van der Waals surface area (Å²) in [6, 6.07) is 10.1. The van der Waals surface area contributed by atoms with Crippen molar-refractivity contribution in [3.05, 3.63) is 42.1 Å². The second kappa shape index (κ2) is 8.37. The van der Waals surface area contributed by atoms with Gasteiger partial charge in [-0.2, -0.15) is 0 Å². The number of anilines is 2. The van der Waals surface area contributed by atoms with Gasteiger partial charge in [0.25, 0.3) is 5.91 Å². The van der Waals surface area contributed by atoms with Crippen LogP contribution in [0.3, 0.4) is 0 Å². The number of aromatic nitrogens is 1. The van der Waals surface area contributed by atoms with E-state index in [-0.39, 0.29) is 5.91 Å². The minimum atomic E-state index is -0.0849. The fraction of sp³-hybridized carbons (Fsp3) is 0.429. The van der Waals surface area contributed by atoms with Gasteiger partial charge in [-0.3, -0.25) is 4.79 Å². The maximum atomic E-state index is 11.9. The maximum Gasteiger partial charge on any atom is 0.252 e. The first-order valence-corrected chi connectivity index (χ1v) is 9.88. The van der Waals surface area contributed by atoms with Gasteiger partial charge >= 0.3 is 0 Å². The summed E-state index contributed by atoms with van der Waals surface area (Å²) in [5.41, 5.74) is 1.63. The molecule has 0 saturated carbocycles. The molecule has 1 atom stereocenters. The quantitative estimate of drug-likeness (QED) is 0.828. The van der Waals surface area contributed by atoms with Crippen LogP contribution in [0.25, 0.3) is 0 Å². The number of ether oxygens (including phenoxy) is 2. The SMILES string of the molecule is CCNC(=O)c1ccc(N2CCC[C@@H](Nc3ccc4c(c3)OCCO4)C2)nc1. The standard InChI is InChI=1S/C21H26N4O3/c1-2-22-21(26)15-5-8-20(23-13-15)25-9-3-4-17(14-25)24-16-6-7-18-19(12-16)28-11-10-27-18/h5-8,12-13,17,24H,2-4,9-11,14H2,1H3,(H,22,26)/t17-/m1/s1. The molecule has 1 aromatic heterocycles. The molecular formula is C21H26N4O3. The maximum absolute atomic E-state index is 11.9. The number of carbonyl (C=O) groups is 1. The summed E-state index contributed by atoms with van der Waals surface area (Å²) in [7, 11) is 0. The van der Waals surface area contributed by atoms with Crippen molar-refractivity contribution in [1.29, 1.82) is 0 Å². The number of fused-ring (bicyclic) bond motifs is 1. The number of rotatable bonds is 5. The van der Waals surface area contributed by atoms with Crippen LogP contribution >= 0.6 is 0 Å². The highest BCUT2D eigenvalue weighted by Crippen LogP contribution is 2.33. The number of hydrogen-bond donors (Lipinski definition) is 2. The van der Waals surface area contributed by atoms with E-state index in [4.69, 9.17) is 9.47 Å². The first kappa shape index (κ1) is 18.4. The summed E-state index contributed by atoms with van der Waals surface area (Å²) in [5, 5.41) is 6.40. The molecule has 4 rings (SSSR count). The van der Waals surface area contributed by atoms with Gasteiger partial charge in [-0.15, -0.1) is 0 Å². The molecule has 0 radical (unpaired) electrons. The number of piperidine rings is 1. The molecule has 2 N–H and O–H groups in total. The molecule has 28 heavy (non-hydrogen) atoms. The molecule has 0 aliphatic carbocycles.